The standard InChI is InChI=1S/C25H31.C12H7Si.2ClH.Zr/c1-8-18(4)20-14-19-9-10-23(25(5,6)7)24(22(19)15-20)21-12-16(2)11-17(3)13-21;1-3-7-11-9(5-1)10-6-2-4-8-12(10)13-11;;;/h9-15,18H,8H2,1-7H3;1-7H;2*1H;/q2*-1;;;+4/p-2. The summed E-state index contributed by atoms with van der Waals surface area (Å²) in [6, 6.07) is 34.6. The molecule has 0 aromatic heterocycles. The Morgan fingerprint density at radius 1 is 0.902 bits per heavy atom. The fourth-order valence-electron chi connectivity index (χ4n) is 5.61. The normalized spacial score (nSPS) is 12.3. The zero-order valence-corrected chi connectivity index (χ0v) is 30.1. The van der Waals surface area contributed by atoms with Crippen LogP contribution in [0, 0.1) is 19.9 Å². The molecule has 0 saturated heterocycles. The molecule has 0 fully saturated rings. The van der Waals surface area contributed by atoms with Gasteiger partial charge in [-0.25, -0.2) is 0 Å². The summed E-state index contributed by atoms with van der Waals surface area (Å²) >= 11 is -0.826. The summed E-state index contributed by atoms with van der Waals surface area (Å²) in [4.78, 5) is 0. The number of rotatable bonds is 3. The van der Waals surface area contributed by atoms with Gasteiger partial charge in [-0.2, -0.15) is 35.5 Å². The number of aryl methyl sites for hydroxylation is 2. The fourth-order valence-corrected chi connectivity index (χ4v) is 6.92. The van der Waals surface area contributed by atoms with Crippen LogP contribution in [0.1, 0.15) is 69.2 Å². The van der Waals surface area contributed by atoms with Gasteiger partial charge in [0.1, 0.15) is 0 Å². The first-order valence-electron chi connectivity index (χ1n) is 14.2. The summed E-state index contributed by atoms with van der Waals surface area (Å²) in [5, 5.41) is 5.61. The summed E-state index contributed by atoms with van der Waals surface area (Å²) in [6.45, 7) is 15.9. The van der Waals surface area contributed by atoms with Crippen molar-refractivity contribution in [3.63, 3.8) is 0 Å². The van der Waals surface area contributed by atoms with Gasteiger partial charge in [0.15, 0.2) is 0 Å². The van der Waals surface area contributed by atoms with Gasteiger partial charge in [-0.3, -0.25) is 0 Å². The summed E-state index contributed by atoms with van der Waals surface area (Å²) in [7, 11) is 10.7. The number of hydrogen-bond donors (Lipinski definition) is 0. The molecule has 5 aromatic carbocycles. The quantitative estimate of drug-likeness (QED) is 0.130. The van der Waals surface area contributed by atoms with E-state index in [2.05, 4.69) is 133 Å². The molecule has 6 rings (SSSR count). The average molecular weight is 673 g/mol. The first-order chi connectivity index (χ1) is 19.6. The monoisotopic (exact) mass is 670 g/mol. The van der Waals surface area contributed by atoms with Crippen LogP contribution in [0.4, 0.5) is 0 Å². The van der Waals surface area contributed by atoms with Crippen molar-refractivity contribution in [2.75, 3.05) is 0 Å². The van der Waals surface area contributed by atoms with E-state index in [1.165, 1.54) is 72.1 Å². The minimum absolute atomic E-state index is 0.120. The van der Waals surface area contributed by atoms with Crippen LogP contribution >= 0.6 is 17.0 Å². The average Bonchev–Trinajstić information content (AvgIpc) is 3.53. The summed E-state index contributed by atoms with van der Waals surface area (Å²) in [5.41, 5.74) is 11.2. The largest absolute Gasteiger partial charge is 0.184 e. The van der Waals surface area contributed by atoms with E-state index in [0.29, 0.717) is 5.92 Å². The molecular weight excluding hydrogens is 635 g/mol. The second-order valence-electron chi connectivity index (χ2n) is 11.9. The minimum atomic E-state index is -0.826. The third kappa shape index (κ3) is 7.58. The third-order valence-corrected chi connectivity index (χ3v) is 9.11. The van der Waals surface area contributed by atoms with Gasteiger partial charge in [-0.1, -0.05) is 117 Å². The molecule has 0 aliphatic carbocycles. The summed E-state index contributed by atoms with van der Waals surface area (Å²) < 4.78 is 0. The maximum atomic E-state index is 4.93. The number of benzene rings is 4. The van der Waals surface area contributed by atoms with E-state index in [4.69, 9.17) is 17.0 Å². The Morgan fingerprint density at radius 2 is 1.56 bits per heavy atom. The van der Waals surface area contributed by atoms with Crippen LogP contribution in [-0.4, -0.2) is 9.52 Å². The zero-order chi connectivity index (χ0) is 29.7. The Morgan fingerprint density at radius 3 is 2.22 bits per heavy atom. The summed E-state index contributed by atoms with van der Waals surface area (Å²) in [6.07, 6.45) is 1.18. The minimum Gasteiger partial charge on any atom is -0.184 e. The van der Waals surface area contributed by atoms with Crippen molar-refractivity contribution in [3.8, 4) is 22.3 Å². The maximum absolute atomic E-state index is 4.93. The Labute approximate surface area is 268 Å². The second-order valence-corrected chi connectivity index (χ2v) is 16.9. The molecule has 5 aromatic rings. The molecule has 1 heterocycles. The van der Waals surface area contributed by atoms with Crippen LogP contribution in [0.3, 0.4) is 0 Å². The van der Waals surface area contributed by atoms with Crippen LogP contribution < -0.4 is 10.4 Å². The van der Waals surface area contributed by atoms with Gasteiger partial charge in [0.2, 0.25) is 0 Å². The van der Waals surface area contributed by atoms with Gasteiger partial charge >= 0.3 is 37.9 Å². The molecule has 0 bridgehead atoms. The van der Waals surface area contributed by atoms with Crippen LogP contribution in [-0.2, 0) is 26.3 Å². The van der Waals surface area contributed by atoms with Crippen molar-refractivity contribution >= 4 is 47.7 Å². The molecule has 0 saturated carbocycles. The van der Waals surface area contributed by atoms with E-state index < -0.39 is 20.8 Å². The first kappa shape index (κ1) is 32.1. The molecule has 41 heavy (non-hydrogen) atoms. The molecule has 2 radical (unpaired) electrons. The van der Waals surface area contributed by atoms with Gasteiger partial charge in [0.25, 0.3) is 0 Å². The number of halogens is 2. The first-order valence-corrected chi connectivity index (χ1v) is 21.6. The molecule has 1 unspecified atom stereocenters. The molecule has 4 heteroatoms. The van der Waals surface area contributed by atoms with E-state index in [0.717, 1.165) is 9.52 Å². The van der Waals surface area contributed by atoms with E-state index in [1.54, 1.807) is 0 Å². The van der Waals surface area contributed by atoms with Crippen LogP contribution in [0.5, 0.6) is 0 Å². The van der Waals surface area contributed by atoms with Crippen molar-refractivity contribution in [2.24, 2.45) is 0 Å². The van der Waals surface area contributed by atoms with E-state index in [1.807, 2.05) is 6.07 Å². The Bertz CT molecular complexity index is 1560. The predicted octanol–water partition coefficient (Wildman–Crippen LogP) is 10.2. The molecule has 0 nitrogen and oxygen atoms in total. The Kier molecular flexibility index (Phi) is 11.0. The SMILES string of the molecule is CCC(C)c1cc2c(-c3cc(C)cc(C)c3)c(C(C)(C)C)ccc2[cH-]1.[Cl][Zr+2][Cl].[c-]1cccc2c1[Si]c1ccccc1-2. The Balaban J connectivity index is 0.000000200. The Hall–Kier alpha value is -1.83. The van der Waals surface area contributed by atoms with Gasteiger partial charge < -0.3 is 0 Å². The smallest absolute Gasteiger partial charge is 0.0920 e. The molecular formula is C37H38Cl2SiZr. The van der Waals surface area contributed by atoms with Gasteiger partial charge in [0.05, 0.1) is 9.52 Å². The van der Waals surface area contributed by atoms with E-state index in [9.17, 15) is 0 Å². The van der Waals surface area contributed by atoms with Crippen molar-refractivity contribution < 1.29 is 20.8 Å². The zero-order valence-electron chi connectivity index (χ0n) is 25.1. The maximum Gasteiger partial charge on any atom is 0.0920 e. The summed E-state index contributed by atoms with van der Waals surface area (Å²) in [5.74, 6) is 0.609. The van der Waals surface area contributed by atoms with Crippen LogP contribution in [0.25, 0.3) is 33.0 Å². The molecule has 1 aliphatic heterocycles. The van der Waals surface area contributed by atoms with E-state index in [-0.39, 0.29) is 5.41 Å². The van der Waals surface area contributed by atoms with Crippen LogP contribution in [0.2, 0.25) is 0 Å². The molecule has 0 spiro atoms. The predicted molar refractivity (Wildman–Crippen MR) is 179 cm³/mol. The van der Waals surface area contributed by atoms with Crippen molar-refractivity contribution in [1.29, 1.82) is 0 Å². The molecule has 0 amide bonds. The second kappa shape index (κ2) is 14.1. The number of hydrogen-bond acceptors (Lipinski definition) is 0. The molecule has 208 valence electrons. The number of fused-ring (bicyclic) bond motifs is 4. The van der Waals surface area contributed by atoms with Crippen LogP contribution in [0.15, 0.2) is 84.9 Å². The van der Waals surface area contributed by atoms with Gasteiger partial charge in [-0.15, -0.1) is 40.1 Å². The molecule has 1 aliphatic rings. The van der Waals surface area contributed by atoms with E-state index >= 15 is 0 Å². The third-order valence-electron chi connectivity index (χ3n) is 7.75. The molecule has 0 N–H and O–H groups in total. The van der Waals surface area contributed by atoms with Gasteiger partial charge in [0, 0.05) is 0 Å². The topological polar surface area (TPSA) is 0 Å². The molecule has 1 atom stereocenters. The van der Waals surface area contributed by atoms with Crippen molar-refractivity contribution in [3.05, 3.63) is 113 Å². The van der Waals surface area contributed by atoms with Gasteiger partial charge in [-0.05, 0) is 30.7 Å². The van der Waals surface area contributed by atoms with Crippen molar-refractivity contribution in [1.82, 2.24) is 0 Å². The van der Waals surface area contributed by atoms with Crippen molar-refractivity contribution in [2.45, 2.75) is 66.2 Å². The fraction of sp³-hybridized carbons (Fsp3) is 0.270.